The van der Waals surface area contributed by atoms with Crippen LogP contribution in [0.3, 0.4) is 0 Å². The zero-order valence-electron chi connectivity index (χ0n) is 12.6. The molecule has 3 N–H and O–H groups in total. The third-order valence-corrected chi connectivity index (χ3v) is 3.55. The molecule has 0 aliphatic carbocycles. The Morgan fingerprint density at radius 3 is 2.71 bits per heavy atom. The van der Waals surface area contributed by atoms with Crippen LogP contribution in [0.1, 0.15) is 36.2 Å². The molecule has 0 aromatic heterocycles. The van der Waals surface area contributed by atoms with Gasteiger partial charge in [0.25, 0.3) is 5.91 Å². The number of halogens is 1. The number of oxime groups is 1. The average Bonchev–Trinajstić information content (AvgIpc) is 2.44. The fourth-order valence-electron chi connectivity index (χ4n) is 2.03. The highest BCUT2D eigenvalue weighted by atomic mass is 35.5. The van der Waals surface area contributed by atoms with Gasteiger partial charge >= 0.3 is 0 Å². The Morgan fingerprint density at radius 1 is 1.48 bits per heavy atom. The summed E-state index contributed by atoms with van der Waals surface area (Å²) in [6.45, 7) is 6.90. The zero-order valence-corrected chi connectivity index (χ0v) is 13.4. The van der Waals surface area contributed by atoms with Gasteiger partial charge in [0.05, 0.1) is 0 Å². The second kappa shape index (κ2) is 7.88. The van der Waals surface area contributed by atoms with Gasteiger partial charge in [0, 0.05) is 30.1 Å². The number of nitrogens with two attached hydrogens (primary N) is 1. The van der Waals surface area contributed by atoms with Gasteiger partial charge in [-0.15, -0.1) is 0 Å². The highest BCUT2D eigenvalue weighted by molar-refractivity contribution is 6.31. The van der Waals surface area contributed by atoms with Crippen molar-refractivity contribution in [3.05, 3.63) is 34.3 Å². The Kier molecular flexibility index (Phi) is 6.49. The summed E-state index contributed by atoms with van der Waals surface area (Å²) in [5, 5.41) is 12.1. The summed E-state index contributed by atoms with van der Waals surface area (Å²) in [5.74, 6) is 0.342. The molecule has 1 rings (SSSR count). The third kappa shape index (κ3) is 4.93. The van der Waals surface area contributed by atoms with Gasteiger partial charge in [0.1, 0.15) is 5.84 Å². The van der Waals surface area contributed by atoms with Crippen LogP contribution in [0.5, 0.6) is 0 Å². The molecule has 0 saturated carbocycles. The molecular formula is C15H22ClN3O2. The molecule has 0 aliphatic heterocycles. The Labute approximate surface area is 130 Å². The monoisotopic (exact) mass is 311 g/mol. The highest BCUT2D eigenvalue weighted by Gasteiger charge is 2.19. The first-order valence-corrected chi connectivity index (χ1v) is 7.25. The standard InChI is InChI=1S/C15H22ClN3O2/c1-10(2)9-19(8-7-14(17)18-21)15(20)12-5-4-6-13(16)11(12)3/h4-6,10,21H,7-9H2,1-3H3,(H2,17,18). The van der Waals surface area contributed by atoms with Gasteiger partial charge in [0.15, 0.2) is 0 Å². The van der Waals surface area contributed by atoms with E-state index in [-0.39, 0.29) is 11.7 Å². The quantitative estimate of drug-likeness (QED) is 0.367. The first-order valence-electron chi connectivity index (χ1n) is 6.87. The molecule has 0 aliphatic rings. The molecule has 1 amide bonds. The molecule has 1 aromatic carbocycles. The van der Waals surface area contributed by atoms with Crippen molar-refractivity contribution in [3.8, 4) is 0 Å². The molecule has 21 heavy (non-hydrogen) atoms. The van der Waals surface area contributed by atoms with E-state index >= 15 is 0 Å². The number of hydrogen-bond acceptors (Lipinski definition) is 3. The SMILES string of the molecule is Cc1c(Cl)cccc1C(=O)N(CC/C(N)=N/O)CC(C)C. The van der Waals surface area contributed by atoms with Gasteiger partial charge in [0.2, 0.25) is 0 Å². The van der Waals surface area contributed by atoms with E-state index in [0.29, 0.717) is 36.0 Å². The van der Waals surface area contributed by atoms with Gasteiger partial charge < -0.3 is 15.8 Å². The van der Waals surface area contributed by atoms with Crippen LogP contribution >= 0.6 is 11.6 Å². The van der Waals surface area contributed by atoms with Crippen LogP contribution in [-0.4, -0.2) is 34.9 Å². The molecule has 0 fully saturated rings. The van der Waals surface area contributed by atoms with Crippen molar-refractivity contribution in [2.75, 3.05) is 13.1 Å². The smallest absolute Gasteiger partial charge is 0.254 e. The Morgan fingerprint density at radius 2 is 2.14 bits per heavy atom. The van der Waals surface area contributed by atoms with E-state index in [4.69, 9.17) is 22.5 Å². The lowest BCUT2D eigenvalue weighted by Crippen LogP contribution is -2.37. The van der Waals surface area contributed by atoms with Crippen molar-refractivity contribution in [1.29, 1.82) is 0 Å². The summed E-state index contributed by atoms with van der Waals surface area (Å²) in [5.41, 5.74) is 6.84. The Balaban J connectivity index is 2.96. The largest absolute Gasteiger partial charge is 0.409 e. The van der Waals surface area contributed by atoms with E-state index in [9.17, 15) is 4.79 Å². The number of carbonyl (C=O) groups is 1. The minimum Gasteiger partial charge on any atom is -0.409 e. The number of rotatable bonds is 6. The molecule has 5 nitrogen and oxygen atoms in total. The number of carbonyl (C=O) groups excluding carboxylic acids is 1. The average molecular weight is 312 g/mol. The maximum atomic E-state index is 12.7. The molecule has 0 atom stereocenters. The van der Waals surface area contributed by atoms with Crippen molar-refractivity contribution in [2.45, 2.75) is 27.2 Å². The molecule has 0 heterocycles. The normalized spacial score (nSPS) is 11.8. The van der Waals surface area contributed by atoms with Crippen LogP contribution in [0.2, 0.25) is 5.02 Å². The van der Waals surface area contributed by atoms with Crippen LogP contribution < -0.4 is 5.73 Å². The van der Waals surface area contributed by atoms with Crippen LogP contribution in [0.15, 0.2) is 23.4 Å². The second-order valence-corrected chi connectivity index (χ2v) is 5.81. The van der Waals surface area contributed by atoms with Crippen LogP contribution in [0.4, 0.5) is 0 Å². The highest BCUT2D eigenvalue weighted by Crippen LogP contribution is 2.20. The van der Waals surface area contributed by atoms with Crippen molar-refractivity contribution in [3.63, 3.8) is 0 Å². The molecule has 0 saturated heterocycles. The molecule has 116 valence electrons. The van der Waals surface area contributed by atoms with Crippen LogP contribution in [-0.2, 0) is 0 Å². The molecule has 0 radical (unpaired) electrons. The molecule has 0 unspecified atom stereocenters. The summed E-state index contributed by atoms with van der Waals surface area (Å²) in [6.07, 6.45) is 0.328. The summed E-state index contributed by atoms with van der Waals surface area (Å²) in [4.78, 5) is 14.4. The number of amides is 1. The minimum atomic E-state index is -0.0885. The van der Waals surface area contributed by atoms with E-state index in [2.05, 4.69) is 5.16 Å². The summed E-state index contributed by atoms with van der Waals surface area (Å²) >= 11 is 6.08. The number of nitrogens with zero attached hydrogens (tertiary/aromatic N) is 2. The number of benzene rings is 1. The number of hydrogen-bond donors (Lipinski definition) is 2. The van der Waals surface area contributed by atoms with E-state index in [1.165, 1.54) is 0 Å². The minimum absolute atomic E-state index is 0.0885. The molecule has 0 bridgehead atoms. The fraction of sp³-hybridized carbons (Fsp3) is 0.467. The van der Waals surface area contributed by atoms with Crippen LogP contribution in [0, 0.1) is 12.8 Å². The van der Waals surface area contributed by atoms with Crippen molar-refractivity contribution in [1.82, 2.24) is 4.90 Å². The second-order valence-electron chi connectivity index (χ2n) is 5.40. The first kappa shape index (κ1) is 17.3. The van der Waals surface area contributed by atoms with Gasteiger partial charge in [-0.05, 0) is 30.5 Å². The summed E-state index contributed by atoms with van der Waals surface area (Å²) in [7, 11) is 0. The van der Waals surface area contributed by atoms with Gasteiger partial charge in [-0.3, -0.25) is 4.79 Å². The molecular weight excluding hydrogens is 290 g/mol. The van der Waals surface area contributed by atoms with Crippen molar-refractivity contribution in [2.24, 2.45) is 16.8 Å². The van der Waals surface area contributed by atoms with Gasteiger partial charge in [-0.25, -0.2) is 0 Å². The predicted octanol–water partition coefficient (Wildman–Crippen LogP) is 2.88. The third-order valence-electron chi connectivity index (χ3n) is 3.14. The van der Waals surface area contributed by atoms with Gasteiger partial charge in [-0.1, -0.05) is 36.7 Å². The molecule has 6 heteroatoms. The van der Waals surface area contributed by atoms with Crippen LogP contribution in [0.25, 0.3) is 0 Å². The maximum Gasteiger partial charge on any atom is 0.254 e. The lowest BCUT2D eigenvalue weighted by molar-refractivity contribution is 0.0740. The lowest BCUT2D eigenvalue weighted by Gasteiger charge is -2.25. The van der Waals surface area contributed by atoms with E-state index in [1.54, 1.807) is 23.1 Å². The van der Waals surface area contributed by atoms with Gasteiger partial charge in [-0.2, -0.15) is 0 Å². The van der Waals surface area contributed by atoms with Crippen molar-refractivity contribution < 1.29 is 10.0 Å². The lowest BCUT2D eigenvalue weighted by atomic mass is 10.1. The molecule has 0 spiro atoms. The summed E-state index contributed by atoms with van der Waals surface area (Å²) in [6, 6.07) is 5.29. The van der Waals surface area contributed by atoms with Crippen molar-refractivity contribution >= 4 is 23.3 Å². The maximum absolute atomic E-state index is 12.7. The Hall–Kier alpha value is -1.75. The number of amidine groups is 1. The zero-order chi connectivity index (χ0) is 16.0. The molecule has 1 aromatic rings. The van der Waals surface area contributed by atoms with E-state index < -0.39 is 0 Å². The fourth-order valence-corrected chi connectivity index (χ4v) is 2.20. The summed E-state index contributed by atoms with van der Waals surface area (Å²) < 4.78 is 0. The Bertz CT molecular complexity index is 530. The first-order chi connectivity index (χ1) is 9.86. The van der Waals surface area contributed by atoms with E-state index in [0.717, 1.165) is 5.56 Å². The van der Waals surface area contributed by atoms with E-state index in [1.807, 2.05) is 20.8 Å². The topological polar surface area (TPSA) is 78.9 Å². The predicted molar refractivity (Wildman–Crippen MR) is 85.0 cm³/mol.